The number of ether oxygens (including phenoxy) is 1. The molecule has 41 heavy (non-hydrogen) atoms. The minimum Gasteiger partial charge on any atom is -0.442 e. The number of alkyl halides is 3. The topological polar surface area (TPSA) is 94.2 Å². The third kappa shape index (κ3) is 7.82. The molecule has 2 N–H and O–H groups in total. The molecular formula is C25H24Br3Cl2F2N5O4. The molecule has 2 aromatic rings. The fourth-order valence-corrected chi connectivity index (χ4v) is 6.20. The molecule has 0 aliphatic carbocycles. The van der Waals surface area contributed by atoms with E-state index in [1.807, 2.05) is 9.80 Å². The van der Waals surface area contributed by atoms with Gasteiger partial charge in [0, 0.05) is 33.1 Å². The van der Waals surface area contributed by atoms with Crippen molar-refractivity contribution in [1.29, 1.82) is 0 Å². The van der Waals surface area contributed by atoms with E-state index in [1.165, 1.54) is 24.0 Å². The van der Waals surface area contributed by atoms with Crippen molar-refractivity contribution >= 4 is 100 Å². The number of hydrogen-bond acceptors (Lipinski definition) is 6. The van der Waals surface area contributed by atoms with Crippen LogP contribution in [0.4, 0.5) is 25.0 Å². The van der Waals surface area contributed by atoms with Gasteiger partial charge in [-0.05, 0) is 30.3 Å². The molecule has 0 saturated carbocycles. The van der Waals surface area contributed by atoms with Crippen LogP contribution in [0.1, 0.15) is 17.3 Å². The van der Waals surface area contributed by atoms with Gasteiger partial charge in [0.1, 0.15) is 23.9 Å². The van der Waals surface area contributed by atoms with Crippen LogP contribution in [0.15, 0.2) is 30.3 Å². The fourth-order valence-electron chi connectivity index (χ4n) is 4.52. The third-order valence-electron chi connectivity index (χ3n) is 6.55. The second kappa shape index (κ2) is 13.3. The van der Waals surface area contributed by atoms with E-state index in [2.05, 4.69) is 58.4 Å². The monoisotopic (exact) mass is 803 g/mol. The van der Waals surface area contributed by atoms with Crippen LogP contribution in [-0.2, 0) is 9.53 Å². The van der Waals surface area contributed by atoms with Crippen LogP contribution < -0.4 is 20.4 Å². The molecular weight excluding hydrogens is 783 g/mol. The molecule has 0 aromatic heterocycles. The Balaban J connectivity index is 1.41. The standard InChI is InChI=1S/C25H24Br3Cl2F2N5O4/c1-13(38)33-11-15-12-37(24(40)41-15)14-2-3-21(20(32)8-14)35-4-6-36(7-5-35)23(25(26,27)28)34-22(39)16-9-19(31)18(30)10-17(16)29/h2-3,8-10,15,23H,4-7,11-12H2,1H3,(H,33,38)(H,34,39). The number of benzene rings is 2. The van der Waals surface area contributed by atoms with Crippen molar-refractivity contribution in [1.82, 2.24) is 15.5 Å². The van der Waals surface area contributed by atoms with Gasteiger partial charge in [-0.3, -0.25) is 19.4 Å². The molecule has 0 radical (unpaired) electrons. The van der Waals surface area contributed by atoms with Gasteiger partial charge in [0.25, 0.3) is 5.91 Å². The number of carbonyl (C=O) groups excluding carboxylic acids is 3. The van der Waals surface area contributed by atoms with Crippen LogP contribution in [0, 0.1) is 11.6 Å². The van der Waals surface area contributed by atoms with Crippen molar-refractivity contribution in [2.24, 2.45) is 0 Å². The van der Waals surface area contributed by atoms with Crippen LogP contribution >= 0.6 is 71.0 Å². The zero-order valence-corrected chi connectivity index (χ0v) is 27.7. The summed E-state index contributed by atoms with van der Waals surface area (Å²) < 4.78 is 33.6. The Hall–Kier alpha value is -1.71. The van der Waals surface area contributed by atoms with E-state index in [0.717, 1.165) is 6.07 Å². The Kier molecular flexibility index (Phi) is 10.4. The number of nitrogens with zero attached hydrogens (tertiary/aromatic N) is 3. The van der Waals surface area contributed by atoms with E-state index in [-0.39, 0.29) is 34.6 Å². The fraction of sp³-hybridized carbons (Fsp3) is 0.400. The largest absolute Gasteiger partial charge is 0.442 e. The Morgan fingerprint density at radius 1 is 1.07 bits per heavy atom. The van der Waals surface area contributed by atoms with Crippen LogP contribution in [0.5, 0.6) is 0 Å². The highest BCUT2D eigenvalue weighted by Gasteiger charge is 2.39. The highest BCUT2D eigenvalue weighted by molar-refractivity contribution is 9.39. The number of halogens is 7. The molecule has 16 heteroatoms. The van der Waals surface area contributed by atoms with Crippen molar-refractivity contribution < 1.29 is 27.9 Å². The Labute approximate surface area is 270 Å². The third-order valence-corrected chi connectivity index (χ3v) is 8.45. The van der Waals surface area contributed by atoms with E-state index >= 15 is 4.39 Å². The predicted molar refractivity (Wildman–Crippen MR) is 164 cm³/mol. The van der Waals surface area contributed by atoms with Gasteiger partial charge in [0.2, 0.25) is 5.91 Å². The van der Waals surface area contributed by atoms with E-state index in [4.69, 9.17) is 27.9 Å². The second-order valence-corrected chi connectivity index (χ2v) is 17.1. The smallest absolute Gasteiger partial charge is 0.414 e. The first-order chi connectivity index (χ1) is 19.2. The summed E-state index contributed by atoms with van der Waals surface area (Å²) in [5.41, 5.74) is 0.643. The molecule has 2 aromatic carbocycles. The molecule has 2 fully saturated rings. The lowest BCUT2D eigenvalue weighted by Crippen LogP contribution is -2.60. The minimum absolute atomic E-state index is 0.00569. The zero-order chi connectivity index (χ0) is 30.1. The molecule has 4 rings (SSSR count). The van der Waals surface area contributed by atoms with E-state index in [0.29, 0.717) is 37.6 Å². The van der Waals surface area contributed by atoms with Gasteiger partial charge in [0.15, 0.2) is 2.14 Å². The normalized spacial score (nSPS) is 18.7. The summed E-state index contributed by atoms with van der Waals surface area (Å²) in [4.78, 5) is 41.6. The van der Waals surface area contributed by atoms with Crippen LogP contribution in [0.3, 0.4) is 0 Å². The van der Waals surface area contributed by atoms with Crippen LogP contribution in [0.2, 0.25) is 10.0 Å². The number of hydrogen-bond donors (Lipinski definition) is 2. The minimum atomic E-state index is -0.947. The molecule has 2 saturated heterocycles. The molecule has 2 aliphatic heterocycles. The number of anilines is 2. The summed E-state index contributed by atoms with van der Waals surface area (Å²) in [7, 11) is 0. The molecule has 3 amide bonds. The van der Waals surface area contributed by atoms with E-state index in [9.17, 15) is 18.8 Å². The molecule has 0 spiro atoms. The highest BCUT2D eigenvalue weighted by Crippen LogP contribution is 2.39. The first kappa shape index (κ1) is 32.2. The number of rotatable bonds is 7. The summed E-state index contributed by atoms with van der Waals surface area (Å²) in [6.07, 6.45) is -1.80. The lowest BCUT2D eigenvalue weighted by molar-refractivity contribution is -0.119. The molecule has 0 bridgehead atoms. The van der Waals surface area contributed by atoms with Gasteiger partial charge in [-0.2, -0.15) is 0 Å². The number of piperazine rings is 1. The summed E-state index contributed by atoms with van der Waals surface area (Å²) in [6, 6.07) is 6.68. The van der Waals surface area contributed by atoms with E-state index in [1.54, 1.807) is 12.1 Å². The van der Waals surface area contributed by atoms with Crippen molar-refractivity contribution in [3.8, 4) is 0 Å². The maximum Gasteiger partial charge on any atom is 0.414 e. The second-order valence-electron chi connectivity index (χ2n) is 9.38. The van der Waals surface area contributed by atoms with Gasteiger partial charge >= 0.3 is 6.09 Å². The average molecular weight is 807 g/mol. The van der Waals surface area contributed by atoms with Crippen LogP contribution in [0.25, 0.3) is 0 Å². The SMILES string of the molecule is CC(=O)NCC1CN(c2ccc(N3CCN(C(NC(=O)c4cc(F)c(Cl)cc4Cl)C(Br)(Br)Br)CC3)c(F)c2)C(=O)O1. The van der Waals surface area contributed by atoms with Crippen LogP contribution in [-0.4, -0.2) is 76.5 Å². The maximum atomic E-state index is 15.2. The Morgan fingerprint density at radius 2 is 1.76 bits per heavy atom. The summed E-state index contributed by atoms with van der Waals surface area (Å²) in [6.45, 7) is 3.44. The van der Waals surface area contributed by atoms with E-state index < -0.39 is 38.0 Å². The first-order valence-corrected chi connectivity index (χ1v) is 15.4. The van der Waals surface area contributed by atoms with Gasteiger partial charge in [0.05, 0.1) is 40.1 Å². The summed E-state index contributed by atoms with van der Waals surface area (Å²) >= 11 is 22.3. The summed E-state index contributed by atoms with van der Waals surface area (Å²) in [5, 5.41) is 5.26. The lowest BCUT2D eigenvalue weighted by atomic mass is 10.2. The van der Waals surface area contributed by atoms with Gasteiger partial charge in [-0.25, -0.2) is 13.6 Å². The Morgan fingerprint density at radius 3 is 2.37 bits per heavy atom. The quantitative estimate of drug-likeness (QED) is 0.286. The molecule has 2 unspecified atom stereocenters. The van der Waals surface area contributed by atoms with Gasteiger partial charge < -0.3 is 20.3 Å². The average Bonchev–Trinajstić information content (AvgIpc) is 3.28. The molecule has 9 nitrogen and oxygen atoms in total. The number of carbonyl (C=O) groups is 3. The highest BCUT2D eigenvalue weighted by atomic mass is 80.0. The molecule has 222 valence electrons. The molecule has 2 atom stereocenters. The number of cyclic esters (lactones) is 1. The molecule has 2 aliphatic rings. The van der Waals surface area contributed by atoms with Crippen molar-refractivity contribution in [2.45, 2.75) is 21.3 Å². The van der Waals surface area contributed by atoms with Gasteiger partial charge in [-0.1, -0.05) is 71.0 Å². The maximum absolute atomic E-state index is 15.2. The van der Waals surface area contributed by atoms with Gasteiger partial charge in [-0.15, -0.1) is 0 Å². The summed E-state index contributed by atoms with van der Waals surface area (Å²) in [5.74, 6) is -2.12. The first-order valence-electron chi connectivity index (χ1n) is 12.3. The zero-order valence-electron chi connectivity index (χ0n) is 21.4. The molecule has 2 heterocycles. The Bertz CT molecular complexity index is 1350. The van der Waals surface area contributed by atoms with Crippen molar-refractivity contribution in [3.63, 3.8) is 0 Å². The lowest BCUT2D eigenvalue weighted by Gasteiger charge is -2.43. The number of amides is 3. The number of nitrogens with one attached hydrogen (secondary N) is 2. The van der Waals surface area contributed by atoms with Crippen molar-refractivity contribution in [2.75, 3.05) is 49.1 Å². The predicted octanol–water partition coefficient (Wildman–Crippen LogP) is 5.45. The van der Waals surface area contributed by atoms with Crippen molar-refractivity contribution in [3.05, 3.63) is 57.6 Å².